The molecule has 0 saturated heterocycles. The van der Waals surface area contributed by atoms with E-state index in [0.717, 1.165) is 46.7 Å². The van der Waals surface area contributed by atoms with Gasteiger partial charge in [0.25, 0.3) is 0 Å². The van der Waals surface area contributed by atoms with Crippen molar-refractivity contribution in [1.82, 2.24) is 0 Å². The van der Waals surface area contributed by atoms with Crippen molar-refractivity contribution in [2.24, 2.45) is 0 Å². The third-order valence-electron chi connectivity index (χ3n) is 6.60. The predicted octanol–water partition coefficient (Wildman–Crippen LogP) is 5.92. The molecule has 0 fully saturated rings. The van der Waals surface area contributed by atoms with Crippen LogP contribution in [0.1, 0.15) is 42.4 Å². The normalized spacial score (nSPS) is 14.4. The average molecular weight is 546 g/mol. The lowest BCUT2D eigenvalue weighted by Crippen LogP contribution is -2.45. The van der Waals surface area contributed by atoms with Crippen LogP contribution in [0.25, 0.3) is 12.2 Å². The standard InChI is InChI=1S/C32H35NO7/c1-23-8-2-3-11-28(23)39-21-5-4-20-38-26-17-14-24(15-18-26)13-16-25-9-6-10-27-31(25)40-29(32(36)37)22-33(27)19-7-12-30(34)35/h2-3,6,8-11,13-18,29H,4-5,7,12,19-22H2,1H3,(H,34,35)(H,36,37)/b16-13+. The smallest absolute Gasteiger partial charge is 0.346 e. The van der Waals surface area contributed by atoms with E-state index < -0.39 is 18.0 Å². The van der Waals surface area contributed by atoms with Crippen LogP contribution in [0.2, 0.25) is 0 Å². The van der Waals surface area contributed by atoms with Gasteiger partial charge in [-0.1, -0.05) is 54.6 Å². The summed E-state index contributed by atoms with van der Waals surface area (Å²) in [5.74, 6) is 0.268. The largest absolute Gasteiger partial charge is 0.494 e. The van der Waals surface area contributed by atoms with Crippen molar-refractivity contribution in [3.05, 3.63) is 83.4 Å². The van der Waals surface area contributed by atoms with Crippen LogP contribution in [0.4, 0.5) is 5.69 Å². The van der Waals surface area contributed by atoms with Gasteiger partial charge in [0.1, 0.15) is 11.5 Å². The van der Waals surface area contributed by atoms with Gasteiger partial charge >= 0.3 is 11.9 Å². The van der Waals surface area contributed by atoms with Gasteiger partial charge in [-0.05, 0) is 61.6 Å². The second-order valence-corrected chi connectivity index (χ2v) is 9.66. The maximum absolute atomic E-state index is 11.7. The number of carboxylic acids is 2. The van der Waals surface area contributed by atoms with Crippen LogP contribution < -0.4 is 19.1 Å². The van der Waals surface area contributed by atoms with Gasteiger partial charge in [0.05, 0.1) is 25.4 Å². The zero-order valence-corrected chi connectivity index (χ0v) is 22.6. The Kier molecular flexibility index (Phi) is 10.0. The summed E-state index contributed by atoms with van der Waals surface area (Å²) < 4.78 is 17.6. The molecule has 0 spiro atoms. The van der Waals surface area contributed by atoms with E-state index in [9.17, 15) is 14.7 Å². The summed E-state index contributed by atoms with van der Waals surface area (Å²) in [6.45, 7) is 3.89. The molecule has 1 heterocycles. The first-order valence-electron chi connectivity index (χ1n) is 13.5. The first kappa shape index (κ1) is 28.5. The maximum atomic E-state index is 11.7. The number of benzene rings is 3. The molecule has 1 unspecified atom stereocenters. The molecule has 8 nitrogen and oxygen atoms in total. The van der Waals surface area contributed by atoms with Crippen LogP contribution in [0.3, 0.4) is 0 Å². The Morgan fingerprint density at radius 1 is 0.925 bits per heavy atom. The molecule has 0 bridgehead atoms. The number of rotatable bonds is 14. The number of para-hydroxylation sites is 2. The van der Waals surface area contributed by atoms with Crippen molar-refractivity contribution < 1.29 is 34.0 Å². The molecule has 0 amide bonds. The summed E-state index contributed by atoms with van der Waals surface area (Å²) in [6, 6.07) is 21.4. The van der Waals surface area contributed by atoms with Gasteiger partial charge in [0, 0.05) is 18.5 Å². The number of ether oxygens (including phenoxy) is 3. The fourth-order valence-electron chi connectivity index (χ4n) is 4.45. The van der Waals surface area contributed by atoms with E-state index in [1.165, 1.54) is 0 Å². The quantitative estimate of drug-likeness (QED) is 0.190. The Balaban J connectivity index is 1.31. The number of unbranched alkanes of at least 4 members (excludes halogenated alkanes) is 1. The molecule has 40 heavy (non-hydrogen) atoms. The zero-order chi connectivity index (χ0) is 28.3. The second-order valence-electron chi connectivity index (χ2n) is 9.66. The van der Waals surface area contributed by atoms with Gasteiger partial charge in [-0.2, -0.15) is 0 Å². The van der Waals surface area contributed by atoms with Crippen molar-refractivity contribution >= 4 is 29.8 Å². The Labute approximate surface area is 234 Å². The third-order valence-corrected chi connectivity index (χ3v) is 6.60. The number of carboxylic acid groups (broad SMARTS) is 2. The fourth-order valence-corrected chi connectivity index (χ4v) is 4.45. The molecule has 1 aliphatic heterocycles. The summed E-state index contributed by atoms with van der Waals surface area (Å²) >= 11 is 0. The Hall–Kier alpha value is -4.46. The number of fused-ring (bicyclic) bond motifs is 1. The van der Waals surface area contributed by atoms with E-state index in [1.54, 1.807) is 0 Å². The number of hydrogen-bond donors (Lipinski definition) is 2. The summed E-state index contributed by atoms with van der Waals surface area (Å²) in [4.78, 5) is 24.6. The number of aliphatic carboxylic acids is 2. The van der Waals surface area contributed by atoms with Crippen LogP contribution >= 0.6 is 0 Å². The van der Waals surface area contributed by atoms with E-state index >= 15 is 0 Å². The molecule has 1 aliphatic rings. The van der Waals surface area contributed by atoms with Crippen LogP contribution in [-0.4, -0.2) is 54.6 Å². The van der Waals surface area contributed by atoms with Gasteiger partial charge in [-0.15, -0.1) is 0 Å². The summed E-state index contributed by atoms with van der Waals surface area (Å²) in [5.41, 5.74) is 3.60. The third kappa shape index (κ3) is 8.02. The zero-order valence-electron chi connectivity index (χ0n) is 22.6. The van der Waals surface area contributed by atoms with E-state index in [2.05, 4.69) is 0 Å². The highest BCUT2D eigenvalue weighted by Crippen LogP contribution is 2.38. The molecule has 2 N–H and O–H groups in total. The summed E-state index contributed by atoms with van der Waals surface area (Å²) in [7, 11) is 0. The van der Waals surface area contributed by atoms with E-state index in [-0.39, 0.29) is 13.0 Å². The van der Waals surface area contributed by atoms with Crippen molar-refractivity contribution in [3.8, 4) is 17.2 Å². The van der Waals surface area contributed by atoms with Gasteiger partial charge in [0.15, 0.2) is 5.75 Å². The number of aryl methyl sites for hydroxylation is 1. The first-order chi connectivity index (χ1) is 19.4. The minimum Gasteiger partial charge on any atom is -0.494 e. The molecule has 3 aromatic carbocycles. The predicted molar refractivity (Wildman–Crippen MR) is 154 cm³/mol. The second kappa shape index (κ2) is 14.1. The molecule has 210 valence electrons. The summed E-state index contributed by atoms with van der Waals surface area (Å²) in [5, 5.41) is 18.6. The van der Waals surface area contributed by atoms with Crippen molar-refractivity contribution in [3.63, 3.8) is 0 Å². The van der Waals surface area contributed by atoms with E-state index in [0.29, 0.717) is 31.9 Å². The van der Waals surface area contributed by atoms with Crippen LogP contribution in [0, 0.1) is 6.92 Å². The molecule has 0 aromatic heterocycles. The Bertz CT molecular complexity index is 1320. The van der Waals surface area contributed by atoms with Crippen molar-refractivity contribution in [1.29, 1.82) is 0 Å². The first-order valence-corrected chi connectivity index (χ1v) is 13.5. The van der Waals surface area contributed by atoms with Gasteiger partial charge < -0.3 is 29.3 Å². The number of carbonyl (C=O) groups is 2. The van der Waals surface area contributed by atoms with Crippen LogP contribution in [-0.2, 0) is 9.59 Å². The minimum absolute atomic E-state index is 0.0200. The maximum Gasteiger partial charge on any atom is 0.346 e. The highest BCUT2D eigenvalue weighted by molar-refractivity contribution is 5.81. The molecule has 0 aliphatic carbocycles. The topological polar surface area (TPSA) is 106 Å². The molecular weight excluding hydrogens is 510 g/mol. The molecule has 3 aromatic rings. The highest BCUT2D eigenvalue weighted by Gasteiger charge is 2.31. The summed E-state index contributed by atoms with van der Waals surface area (Å²) in [6.07, 6.45) is 5.02. The van der Waals surface area contributed by atoms with Gasteiger partial charge in [0.2, 0.25) is 6.10 Å². The van der Waals surface area contributed by atoms with E-state index in [1.807, 2.05) is 90.7 Å². The molecule has 1 atom stereocenters. The molecule has 4 rings (SSSR count). The van der Waals surface area contributed by atoms with Gasteiger partial charge in [-0.3, -0.25) is 4.79 Å². The minimum atomic E-state index is -1.05. The molecule has 0 radical (unpaired) electrons. The number of nitrogens with zero attached hydrogens (tertiary/aromatic N) is 1. The Morgan fingerprint density at radius 2 is 1.68 bits per heavy atom. The van der Waals surface area contributed by atoms with E-state index in [4.69, 9.17) is 19.3 Å². The highest BCUT2D eigenvalue weighted by atomic mass is 16.5. The number of hydrogen-bond acceptors (Lipinski definition) is 6. The molecule has 0 saturated carbocycles. The van der Waals surface area contributed by atoms with Crippen molar-refractivity contribution in [2.45, 2.75) is 38.7 Å². The fraction of sp³-hybridized carbons (Fsp3) is 0.312. The van der Waals surface area contributed by atoms with Crippen LogP contribution in [0.5, 0.6) is 17.2 Å². The molecule has 8 heteroatoms. The van der Waals surface area contributed by atoms with Crippen molar-refractivity contribution in [2.75, 3.05) is 31.2 Å². The lowest BCUT2D eigenvalue weighted by molar-refractivity contribution is -0.145. The van der Waals surface area contributed by atoms with Crippen LogP contribution in [0.15, 0.2) is 66.7 Å². The monoisotopic (exact) mass is 545 g/mol. The number of anilines is 1. The SMILES string of the molecule is Cc1ccccc1OCCCCOc1ccc(/C=C/c2cccc3c2OC(C(=O)O)CN3CCCC(=O)O)cc1. The lowest BCUT2D eigenvalue weighted by atomic mass is 10.1. The molecular formula is C32H35NO7. The van der Waals surface area contributed by atoms with Gasteiger partial charge in [-0.25, -0.2) is 4.79 Å². The average Bonchev–Trinajstić information content (AvgIpc) is 2.95. The Morgan fingerprint density at radius 3 is 2.40 bits per heavy atom. The lowest BCUT2D eigenvalue weighted by Gasteiger charge is -2.35.